The van der Waals surface area contributed by atoms with Gasteiger partial charge >= 0.3 is 0 Å². The van der Waals surface area contributed by atoms with E-state index in [9.17, 15) is 0 Å². The van der Waals surface area contributed by atoms with Gasteiger partial charge in [-0.25, -0.2) is 0 Å². The van der Waals surface area contributed by atoms with Gasteiger partial charge in [0.1, 0.15) is 0 Å². The van der Waals surface area contributed by atoms with Crippen LogP contribution in [0.2, 0.25) is 0 Å². The lowest BCUT2D eigenvalue weighted by Crippen LogP contribution is -1.90. The van der Waals surface area contributed by atoms with Crippen molar-refractivity contribution < 1.29 is 0 Å². The van der Waals surface area contributed by atoms with Crippen molar-refractivity contribution in [3.05, 3.63) is 243 Å². The molecule has 0 heteroatoms. The van der Waals surface area contributed by atoms with Crippen molar-refractivity contribution in [1.82, 2.24) is 0 Å². The van der Waals surface area contributed by atoms with E-state index < -0.39 is 0 Å². The molecule has 0 bridgehead atoms. The third-order valence-corrected chi connectivity index (χ3v) is 14.4. The van der Waals surface area contributed by atoms with Crippen LogP contribution in [-0.2, 0) is 0 Å². The molecular formula is C66H40. The van der Waals surface area contributed by atoms with Crippen LogP contribution in [0.5, 0.6) is 0 Å². The van der Waals surface area contributed by atoms with Crippen molar-refractivity contribution in [3.8, 4) is 44.5 Å². The van der Waals surface area contributed by atoms with E-state index in [0.29, 0.717) is 0 Å². The average molecular weight is 833 g/mol. The van der Waals surface area contributed by atoms with E-state index in [1.165, 1.54) is 141 Å². The highest BCUT2D eigenvalue weighted by Gasteiger charge is 2.17. The van der Waals surface area contributed by atoms with Gasteiger partial charge in [-0.3, -0.25) is 0 Å². The normalized spacial score (nSPS) is 11.9. The zero-order chi connectivity index (χ0) is 43.3. The van der Waals surface area contributed by atoms with Crippen molar-refractivity contribution in [1.29, 1.82) is 0 Å². The van der Waals surface area contributed by atoms with Gasteiger partial charge in [0.15, 0.2) is 0 Å². The predicted octanol–water partition coefficient (Wildman–Crippen LogP) is 18.7. The van der Waals surface area contributed by atoms with Gasteiger partial charge in [-0.2, -0.15) is 0 Å². The highest BCUT2D eigenvalue weighted by Crippen LogP contribution is 2.45. The number of fused-ring (bicyclic) bond motifs is 15. The molecule has 0 aliphatic rings. The monoisotopic (exact) mass is 832 g/mol. The van der Waals surface area contributed by atoms with Crippen LogP contribution in [0.4, 0.5) is 0 Å². The van der Waals surface area contributed by atoms with Crippen LogP contribution in [0.25, 0.3) is 141 Å². The summed E-state index contributed by atoms with van der Waals surface area (Å²) in [6.07, 6.45) is 0. The van der Waals surface area contributed by atoms with E-state index in [2.05, 4.69) is 243 Å². The van der Waals surface area contributed by atoms with E-state index in [1.807, 2.05) is 0 Å². The minimum absolute atomic E-state index is 1.21. The molecule has 0 saturated heterocycles. The summed E-state index contributed by atoms with van der Waals surface area (Å²) in [4.78, 5) is 0. The first-order chi connectivity index (χ1) is 32.7. The van der Waals surface area contributed by atoms with Crippen molar-refractivity contribution in [2.24, 2.45) is 0 Å². The Labute approximate surface area is 382 Å². The molecule has 0 unspecified atom stereocenters. The van der Waals surface area contributed by atoms with E-state index in [4.69, 9.17) is 0 Å². The molecule has 0 amide bonds. The maximum atomic E-state index is 2.44. The molecule has 0 aliphatic heterocycles. The molecular weight excluding hydrogens is 793 g/mol. The highest BCUT2D eigenvalue weighted by molar-refractivity contribution is 6.27. The van der Waals surface area contributed by atoms with Crippen LogP contribution >= 0.6 is 0 Å². The lowest BCUT2D eigenvalue weighted by Gasteiger charge is -2.17. The molecule has 0 atom stereocenters. The Kier molecular flexibility index (Phi) is 8.08. The standard InChI is InChI=1S/C66H40/c1-5-17-49-41(13-1)33-35-57-59(37-47-15-3-7-19-51(47)65(49)57)43-25-29-45(30-26-43)61-39-63-56-24-12-10-22-54(56)62(40-64(63)55-23-11-9-21-53(55)61)46-31-27-44(28-32-46)60-38-48-16-4-8-20-52(48)66-50-18-6-2-14-42(50)34-36-58(60)66/h1-40H. The zero-order valence-corrected chi connectivity index (χ0v) is 36.1. The first-order valence-corrected chi connectivity index (χ1v) is 23.0. The van der Waals surface area contributed by atoms with E-state index in [1.54, 1.807) is 0 Å². The maximum Gasteiger partial charge on any atom is -0.00206 e. The van der Waals surface area contributed by atoms with Crippen molar-refractivity contribution >= 4 is 97.0 Å². The van der Waals surface area contributed by atoms with Crippen LogP contribution in [0, 0.1) is 0 Å². The van der Waals surface area contributed by atoms with Crippen LogP contribution < -0.4 is 0 Å². The average Bonchev–Trinajstić information content (AvgIpc) is 3.39. The molecule has 0 N–H and O–H groups in total. The largest absolute Gasteiger partial charge is 0.0616 e. The number of hydrogen-bond donors (Lipinski definition) is 0. The summed E-state index contributed by atoms with van der Waals surface area (Å²) in [5.74, 6) is 0. The third kappa shape index (κ3) is 5.59. The lowest BCUT2D eigenvalue weighted by molar-refractivity contribution is 1.64. The van der Waals surface area contributed by atoms with Gasteiger partial charge < -0.3 is 0 Å². The molecule has 14 aromatic carbocycles. The van der Waals surface area contributed by atoms with Crippen LogP contribution in [0.3, 0.4) is 0 Å². The summed E-state index contributed by atoms with van der Waals surface area (Å²) < 4.78 is 0. The smallest absolute Gasteiger partial charge is 0.00206 e. The Bertz CT molecular complexity index is 3990. The lowest BCUT2D eigenvalue weighted by atomic mass is 9.86. The highest BCUT2D eigenvalue weighted by atomic mass is 14.2. The molecule has 0 aromatic heterocycles. The Hall–Kier alpha value is -8.58. The predicted molar refractivity (Wildman–Crippen MR) is 286 cm³/mol. The molecule has 14 rings (SSSR count). The second-order valence-corrected chi connectivity index (χ2v) is 17.9. The minimum atomic E-state index is 1.21. The summed E-state index contributed by atoms with van der Waals surface area (Å²) in [5, 5.41) is 23.0. The van der Waals surface area contributed by atoms with Crippen LogP contribution in [0.15, 0.2) is 243 Å². The van der Waals surface area contributed by atoms with Crippen molar-refractivity contribution in [3.63, 3.8) is 0 Å². The van der Waals surface area contributed by atoms with Crippen molar-refractivity contribution in [2.75, 3.05) is 0 Å². The quantitative estimate of drug-likeness (QED) is 0.155. The molecule has 0 spiro atoms. The van der Waals surface area contributed by atoms with Gasteiger partial charge in [0.05, 0.1) is 0 Å². The SMILES string of the molecule is c1ccc2c(c1)ccc1c(-c3ccc(-c4cc5c6ccccc6c(-c6ccc(-c7cc8ccccc8c8c7ccc7ccccc78)cc6)cc5c5ccccc45)cc3)cc3ccccc3c12. The first kappa shape index (κ1) is 36.9. The van der Waals surface area contributed by atoms with Gasteiger partial charge in [0.25, 0.3) is 0 Å². The Morgan fingerprint density at radius 2 is 0.424 bits per heavy atom. The Balaban J connectivity index is 0.901. The van der Waals surface area contributed by atoms with E-state index >= 15 is 0 Å². The fraction of sp³-hybridized carbons (Fsp3) is 0. The van der Waals surface area contributed by atoms with Crippen LogP contribution in [0.1, 0.15) is 0 Å². The van der Waals surface area contributed by atoms with Crippen molar-refractivity contribution in [2.45, 2.75) is 0 Å². The number of rotatable bonds is 4. The molecule has 0 saturated carbocycles. The molecule has 0 nitrogen and oxygen atoms in total. The first-order valence-electron chi connectivity index (χ1n) is 23.0. The summed E-state index contributed by atoms with van der Waals surface area (Å²) in [7, 11) is 0. The third-order valence-electron chi connectivity index (χ3n) is 14.4. The molecule has 0 radical (unpaired) electrons. The van der Waals surface area contributed by atoms with Gasteiger partial charge in [-0.1, -0.05) is 218 Å². The summed E-state index contributed by atoms with van der Waals surface area (Å²) >= 11 is 0. The van der Waals surface area contributed by atoms with Gasteiger partial charge in [-0.05, 0) is 166 Å². The molecule has 304 valence electrons. The van der Waals surface area contributed by atoms with Gasteiger partial charge in [0, 0.05) is 0 Å². The fourth-order valence-electron chi connectivity index (χ4n) is 11.3. The van der Waals surface area contributed by atoms with Gasteiger partial charge in [-0.15, -0.1) is 0 Å². The van der Waals surface area contributed by atoms with Crippen LogP contribution in [-0.4, -0.2) is 0 Å². The summed E-state index contributed by atoms with van der Waals surface area (Å²) in [6.45, 7) is 0. The number of hydrogen-bond acceptors (Lipinski definition) is 0. The number of benzene rings is 14. The molecule has 0 fully saturated rings. The zero-order valence-electron chi connectivity index (χ0n) is 36.1. The molecule has 14 aromatic rings. The fourth-order valence-corrected chi connectivity index (χ4v) is 11.3. The maximum absolute atomic E-state index is 2.44. The topological polar surface area (TPSA) is 0 Å². The van der Waals surface area contributed by atoms with Gasteiger partial charge in [0.2, 0.25) is 0 Å². The molecule has 66 heavy (non-hydrogen) atoms. The Morgan fingerprint density at radius 1 is 0.152 bits per heavy atom. The van der Waals surface area contributed by atoms with E-state index in [0.717, 1.165) is 0 Å². The molecule has 0 heterocycles. The molecule has 0 aliphatic carbocycles. The minimum Gasteiger partial charge on any atom is -0.0616 e. The second kappa shape index (κ2) is 14.5. The Morgan fingerprint density at radius 3 is 0.788 bits per heavy atom. The second-order valence-electron chi connectivity index (χ2n) is 17.9. The summed E-state index contributed by atoms with van der Waals surface area (Å²) in [5.41, 5.74) is 9.88. The van der Waals surface area contributed by atoms with E-state index in [-0.39, 0.29) is 0 Å². The summed E-state index contributed by atoms with van der Waals surface area (Å²) in [6, 6.07) is 90.4.